The Bertz CT molecular complexity index is 469. The molecule has 0 amide bonds. The van der Waals surface area contributed by atoms with Crippen LogP contribution in [0.15, 0.2) is 24.3 Å². The standard InChI is InChI=1S/C12H14N2O/c1-15-12-9-4-2-3-5-10(9)14-7-6-13-8-11(12)14/h2-5,13H,6-8H2,1H3. The maximum atomic E-state index is 5.51. The van der Waals surface area contributed by atoms with E-state index < -0.39 is 0 Å². The summed E-state index contributed by atoms with van der Waals surface area (Å²) in [5.41, 5.74) is 2.55. The predicted molar refractivity (Wildman–Crippen MR) is 60.2 cm³/mol. The molecule has 0 bridgehead atoms. The zero-order valence-electron chi connectivity index (χ0n) is 8.79. The lowest BCUT2D eigenvalue weighted by Crippen LogP contribution is -2.27. The van der Waals surface area contributed by atoms with Crippen molar-refractivity contribution >= 4 is 10.9 Å². The quantitative estimate of drug-likeness (QED) is 0.762. The Morgan fingerprint density at radius 2 is 2.20 bits per heavy atom. The zero-order valence-corrected chi connectivity index (χ0v) is 8.79. The number of fused-ring (bicyclic) bond motifs is 3. The number of aromatic nitrogens is 1. The van der Waals surface area contributed by atoms with Crippen molar-refractivity contribution in [2.75, 3.05) is 13.7 Å². The van der Waals surface area contributed by atoms with Crippen molar-refractivity contribution in [3.05, 3.63) is 30.0 Å². The van der Waals surface area contributed by atoms with Gasteiger partial charge in [-0.15, -0.1) is 0 Å². The van der Waals surface area contributed by atoms with Crippen LogP contribution in [-0.2, 0) is 13.1 Å². The molecule has 0 spiro atoms. The molecule has 0 unspecified atom stereocenters. The van der Waals surface area contributed by atoms with Crippen molar-refractivity contribution in [1.82, 2.24) is 9.88 Å². The molecule has 0 atom stereocenters. The first kappa shape index (κ1) is 8.80. The SMILES string of the molecule is COc1c2n(c3ccccc13)CCNC2. The van der Waals surface area contributed by atoms with E-state index in [2.05, 4.69) is 34.1 Å². The van der Waals surface area contributed by atoms with Crippen LogP contribution in [0.1, 0.15) is 5.69 Å². The summed E-state index contributed by atoms with van der Waals surface area (Å²) in [5.74, 6) is 1.03. The van der Waals surface area contributed by atoms with Gasteiger partial charge in [-0.05, 0) is 12.1 Å². The number of hydrogen-bond donors (Lipinski definition) is 1. The fourth-order valence-electron chi connectivity index (χ4n) is 2.38. The van der Waals surface area contributed by atoms with E-state index in [1.165, 1.54) is 16.6 Å². The lowest BCUT2D eigenvalue weighted by molar-refractivity contribution is 0.401. The third-order valence-corrected chi connectivity index (χ3v) is 3.04. The van der Waals surface area contributed by atoms with Gasteiger partial charge in [0.1, 0.15) is 5.75 Å². The highest BCUT2D eigenvalue weighted by Gasteiger charge is 2.19. The van der Waals surface area contributed by atoms with E-state index in [9.17, 15) is 0 Å². The monoisotopic (exact) mass is 202 g/mol. The van der Waals surface area contributed by atoms with Crippen LogP contribution in [0.5, 0.6) is 5.75 Å². The highest BCUT2D eigenvalue weighted by Crippen LogP contribution is 2.33. The Hall–Kier alpha value is -1.48. The highest BCUT2D eigenvalue weighted by molar-refractivity contribution is 5.88. The molecular weight excluding hydrogens is 188 g/mol. The summed E-state index contributed by atoms with van der Waals surface area (Å²) >= 11 is 0. The van der Waals surface area contributed by atoms with Crippen molar-refractivity contribution in [1.29, 1.82) is 0 Å². The number of ether oxygens (including phenoxy) is 1. The molecule has 0 saturated carbocycles. The molecule has 2 heterocycles. The van der Waals surface area contributed by atoms with E-state index in [0.717, 1.165) is 25.4 Å². The largest absolute Gasteiger partial charge is 0.494 e. The number of benzene rings is 1. The van der Waals surface area contributed by atoms with Crippen LogP contribution in [0, 0.1) is 0 Å². The molecular formula is C12H14N2O. The zero-order chi connectivity index (χ0) is 10.3. The Kier molecular flexibility index (Phi) is 1.92. The minimum absolute atomic E-state index is 0.901. The molecule has 3 rings (SSSR count). The second-order valence-electron chi connectivity index (χ2n) is 3.83. The van der Waals surface area contributed by atoms with Gasteiger partial charge in [0, 0.05) is 25.0 Å². The summed E-state index contributed by atoms with van der Waals surface area (Å²) in [6.45, 7) is 2.96. The van der Waals surface area contributed by atoms with Crippen LogP contribution < -0.4 is 10.1 Å². The fourth-order valence-corrected chi connectivity index (χ4v) is 2.38. The molecule has 0 saturated heterocycles. The van der Waals surface area contributed by atoms with Gasteiger partial charge in [0.25, 0.3) is 0 Å². The summed E-state index contributed by atoms with van der Waals surface area (Å²) < 4.78 is 7.86. The van der Waals surface area contributed by atoms with Crippen LogP contribution >= 0.6 is 0 Å². The lowest BCUT2D eigenvalue weighted by Gasteiger charge is -2.17. The maximum absolute atomic E-state index is 5.51. The van der Waals surface area contributed by atoms with Gasteiger partial charge < -0.3 is 14.6 Å². The van der Waals surface area contributed by atoms with E-state index in [0.29, 0.717) is 0 Å². The summed E-state index contributed by atoms with van der Waals surface area (Å²) in [6, 6.07) is 8.42. The molecule has 78 valence electrons. The Morgan fingerprint density at radius 3 is 3.07 bits per heavy atom. The van der Waals surface area contributed by atoms with Crippen LogP contribution in [0.4, 0.5) is 0 Å². The maximum Gasteiger partial charge on any atom is 0.148 e. The minimum atomic E-state index is 0.901. The number of nitrogens with one attached hydrogen (secondary N) is 1. The summed E-state index contributed by atoms with van der Waals surface area (Å²) in [4.78, 5) is 0. The van der Waals surface area contributed by atoms with E-state index in [4.69, 9.17) is 4.74 Å². The van der Waals surface area contributed by atoms with Gasteiger partial charge in [0.2, 0.25) is 0 Å². The molecule has 1 aliphatic rings. The molecule has 0 radical (unpaired) electrons. The molecule has 2 aromatic rings. The number of methoxy groups -OCH3 is 1. The van der Waals surface area contributed by atoms with E-state index >= 15 is 0 Å². The van der Waals surface area contributed by atoms with Crippen molar-refractivity contribution < 1.29 is 4.74 Å². The van der Waals surface area contributed by atoms with Crippen molar-refractivity contribution in [3.8, 4) is 5.75 Å². The van der Waals surface area contributed by atoms with Crippen molar-refractivity contribution in [2.24, 2.45) is 0 Å². The van der Waals surface area contributed by atoms with Gasteiger partial charge in [-0.1, -0.05) is 12.1 Å². The van der Waals surface area contributed by atoms with Gasteiger partial charge in [0.05, 0.1) is 18.3 Å². The van der Waals surface area contributed by atoms with Gasteiger partial charge in [-0.2, -0.15) is 0 Å². The van der Waals surface area contributed by atoms with Crippen molar-refractivity contribution in [2.45, 2.75) is 13.1 Å². The summed E-state index contributed by atoms with van der Waals surface area (Å²) in [7, 11) is 1.75. The topological polar surface area (TPSA) is 26.2 Å². The lowest BCUT2D eigenvalue weighted by atomic mass is 10.2. The predicted octanol–water partition coefficient (Wildman–Crippen LogP) is 1.75. The second kappa shape index (κ2) is 3.28. The Balaban J connectivity index is 2.37. The summed E-state index contributed by atoms with van der Waals surface area (Å²) in [6.07, 6.45) is 0. The third-order valence-electron chi connectivity index (χ3n) is 3.04. The first-order valence-electron chi connectivity index (χ1n) is 5.26. The normalized spacial score (nSPS) is 15.3. The molecule has 1 aliphatic heterocycles. The van der Waals surface area contributed by atoms with E-state index in [1.54, 1.807) is 7.11 Å². The first-order valence-corrected chi connectivity index (χ1v) is 5.26. The fraction of sp³-hybridized carbons (Fsp3) is 0.333. The van der Waals surface area contributed by atoms with Crippen LogP contribution in [0.3, 0.4) is 0 Å². The smallest absolute Gasteiger partial charge is 0.148 e. The average Bonchev–Trinajstić information content (AvgIpc) is 2.63. The molecule has 0 fully saturated rings. The number of rotatable bonds is 1. The molecule has 3 nitrogen and oxygen atoms in total. The average molecular weight is 202 g/mol. The number of hydrogen-bond acceptors (Lipinski definition) is 2. The van der Waals surface area contributed by atoms with Gasteiger partial charge in [-0.25, -0.2) is 0 Å². The Morgan fingerprint density at radius 1 is 1.33 bits per heavy atom. The van der Waals surface area contributed by atoms with E-state index in [1.807, 2.05) is 0 Å². The molecule has 1 N–H and O–H groups in total. The summed E-state index contributed by atoms with van der Waals surface area (Å²) in [5, 5.41) is 4.60. The highest BCUT2D eigenvalue weighted by atomic mass is 16.5. The molecule has 1 aromatic heterocycles. The number of nitrogens with zero attached hydrogens (tertiary/aromatic N) is 1. The first-order chi connectivity index (χ1) is 7.42. The van der Waals surface area contributed by atoms with Crippen molar-refractivity contribution in [3.63, 3.8) is 0 Å². The Labute approximate surface area is 88.6 Å². The van der Waals surface area contributed by atoms with Gasteiger partial charge in [-0.3, -0.25) is 0 Å². The number of para-hydroxylation sites is 1. The van der Waals surface area contributed by atoms with Gasteiger partial charge >= 0.3 is 0 Å². The third kappa shape index (κ3) is 1.16. The second-order valence-corrected chi connectivity index (χ2v) is 3.83. The minimum Gasteiger partial charge on any atom is -0.494 e. The van der Waals surface area contributed by atoms with Crippen LogP contribution in [-0.4, -0.2) is 18.2 Å². The molecule has 1 aromatic carbocycles. The van der Waals surface area contributed by atoms with E-state index in [-0.39, 0.29) is 0 Å². The molecule has 0 aliphatic carbocycles. The molecule has 15 heavy (non-hydrogen) atoms. The molecule has 3 heteroatoms. The van der Waals surface area contributed by atoms with Crippen LogP contribution in [0.25, 0.3) is 10.9 Å². The van der Waals surface area contributed by atoms with Gasteiger partial charge in [0.15, 0.2) is 0 Å². The van der Waals surface area contributed by atoms with Crippen LogP contribution in [0.2, 0.25) is 0 Å².